The van der Waals surface area contributed by atoms with Crippen LogP contribution in [0.3, 0.4) is 0 Å². The van der Waals surface area contributed by atoms with E-state index in [-0.39, 0.29) is 4.49 Å². The van der Waals surface area contributed by atoms with Crippen molar-refractivity contribution in [3.63, 3.8) is 0 Å². The quantitative estimate of drug-likeness (QED) is 0.348. The Morgan fingerprint density at radius 1 is 0.650 bits per heavy atom. The minimum Gasteiger partial charge on any atom is -0.0702 e. The van der Waals surface area contributed by atoms with E-state index in [2.05, 4.69) is 63.7 Å². The zero-order valence-corrected chi connectivity index (χ0v) is 17.6. The van der Waals surface area contributed by atoms with Crippen molar-refractivity contribution >= 4 is 92.5 Å². The molecule has 0 aliphatic rings. The summed E-state index contributed by atoms with van der Waals surface area (Å²) in [5.41, 5.74) is 2.55. The van der Waals surface area contributed by atoms with Gasteiger partial charge in [0, 0.05) is 34.6 Å². The van der Waals surface area contributed by atoms with Crippen LogP contribution in [0.5, 0.6) is 0 Å². The maximum absolute atomic E-state index is 6.16. The van der Waals surface area contributed by atoms with Crippen molar-refractivity contribution in [1.29, 1.82) is 0 Å². The topological polar surface area (TPSA) is 0 Å². The molecule has 0 radical (unpaired) electrons. The second-order valence-corrected chi connectivity index (χ2v) is 8.20. The Bertz CT molecular complexity index is 598. The molecule has 0 N–H and O–H groups in total. The molecule has 0 nitrogen and oxygen atoms in total. The molecule has 0 aliphatic heterocycles. The molecular weight excluding hydrogens is 559 g/mol. The van der Waals surface area contributed by atoms with E-state index in [1.165, 1.54) is 0 Å². The summed E-state index contributed by atoms with van der Waals surface area (Å²) in [6.07, 6.45) is 0. The normalized spacial score (nSPS) is 10.5. The smallest absolute Gasteiger partial charge is 0.0702 e. The van der Waals surface area contributed by atoms with Crippen molar-refractivity contribution in [2.24, 2.45) is 0 Å². The standard InChI is InChI=1S/C14H6Br4Cl2/c15-7-3-1-4-8(16)11(7)13(14(19)20)12-9(17)5-2-6-10(12)18/h1-6H. The molecule has 0 saturated carbocycles. The minimum atomic E-state index is 0.199. The van der Waals surface area contributed by atoms with Crippen LogP contribution in [0, 0.1) is 0 Å². The van der Waals surface area contributed by atoms with Gasteiger partial charge in [-0.1, -0.05) is 99.1 Å². The predicted molar refractivity (Wildman–Crippen MR) is 101 cm³/mol. The van der Waals surface area contributed by atoms with Crippen molar-refractivity contribution in [2.45, 2.75) is 0 Å². The van der Waals surface area contributed by atoms with Crippen molar-refractivity contribution in [1.82, 2.24) is 0 Å². The van der Waals surface area contributed by atoms with E-state index >= 15 is 0 Å². The van der Waals surface area contributed by atoms with Crippen molar-refractivity contribution in [3.05, 3.63) is 69.9 Å². The lowest BCUT2D eigenvalue weighted by Crippen LogP contribution is -1.95. The van der Waals surface area contributed by atoms with Crippen LogP contribution in [0.1, 0.15) is 11.1 Å². The average Bonchev–Trinajstić information content (AvgIpc) is 2.35. The Balaban J connectivity index is 2.82. The second-order valence-electron chi connectivity index (χ2n) is 3.83. The van der Waals surface area contributed by atoms with Crippen LogP contribution in [0.4, 0.5) is 0 Å². The fourth-order valence-electron chi connectivity index (χ4n) is 1.79. The average molecular weight is 565 g/mol. The second kappa shape index (κ2) is 7.30. The van der Waals surface area contributed by atoms with Gasteiger partial charge in [0.1, 0.15) is 4.49 Å². The summed E-state index contributed by atoms with van der Waals surface area (Å²) in [6.45, 7) is 0. The fourth-order valence-corrected chi connectivity index (χ4v) is 4.96. The van der Waals surface area contributed by atoms with Crippen LogP contribution in [0.2, 0.25) is 0 Å². The van der Waals surface area contributed by atoms with Gasteiger partial charge in [-0.3, -0.25) is 0 Å². The SMILES string of the molecule is ClC(Cl)=C(c1c(Br)cccc1Br)c1c(Br)cccc1Br. The Hall–Kier alpha value is 0.680. The summed E-state index contributed by atoms with van der Waals surface area (Å²) in [6, 6.07) is 11.7. The first-order valence-corrected chi connectivity index (χ1v) is 9.30. The van der Waals surface area contributed by atoms with Gasteiger partial charge in [-0.05, 0) is 24.3 Å². The number of benzene rings is 2. The largest absolute Gasteiger partial charge is 0.115 e. The minimum absolute atomic E-state index is 0.199. The van der Waals surface area contributed by atoms with Crippen molar-refractivity contribution < 1.29 is 0 Å². The Morgan fingerprint density at radius 3 is 1.20 bits per heavy atom. The first-order valence-electron chi connectivity index (χ1n) is 5.37. The lowest BCUT2D eigenvalue weighted by Gasteiger charge is -2.16. The summed E-state index contributed by atoms with van der Waals surface area (Å²) in [5.74, 6) is 0. The van der Waals surface area contributed by atoms with E-state index in [4.69, 9.17) is 23.2 Å². The fraction of sp³-hybridized carbons (Fsp3) is 0. The molecule has 20 heavy (non-hydrogen) atoms. The summed E-state index contributed by atoms with van der Waals surface area (Å²) in [4.78, 5) is 0. The number of rotatable bonds is 2. The molecule has 0 spiro atoms. The highest BCUT2D eigenvalue weighted by molar-refractivity contribution is 9.11. The van der Waals surface area contributed by atoms with Gasteiger partial charge in [0.2, 0.25) is 0 Å². The first kappa shape index (κ1) is 17.0. The molecule has 0 saturated heterocycles. The molecule has 0 amide bonds. The summed E-state index contributed by atoms with van der Waals surface area (Å²) >= 11 is 26.5. The molecule has 0 bridgehead atoms. The molecule has 0 unspecified atom stereocenters. The molecular formula is C14H6Br4Cl2. The van der Waals surface area contributed by atoms with Crippen LogP contribution >= 0.6 is 86.9 Å². The van der Waals surface area contributed by atoms with Crippen LogP contribution in [0.15, 0.2) is 58.8 Å². The zero-order valence-electron chi connectivity index (χ0n) is 9.73. The first-order chi connectivity index (χ1) is 9.43. The molecule has 2 aromatic carbocycles. The predicted octanol–water partition coefficient (Wildman–Crippen LogP) is 7.93. The van der Waals surface area contributed by atoms with Gasteiger partial charge in [-0.15, -0.1) is 0 Å². The van der Waals surface area contributed by atoms with Gasteiger partial charge in [-0.25, -0.2) is 0 Å². The van der Waals surface area contributed by atoms with Gasteiger partial charge in [-0.2, -0.15) is 0 Å². The van der Waals surface area contributed by atoms with E-state index in [9.17, 15) is 0 Å². The third kappa shape index (κ3) is 3.53. The molecule has 0 aliphatic carbocycles. The van der Waals surface area contributed by atoms with Crippen LogP contribution in [0.25, 0.3) is 5.57 Å². The number of halogens is 6. The molecule has 0 fully saturated rings. The van der Waals surface area contributed by atoms with E-state index in [1.54, 1.807) is 0 Å². The molecule has 0 heterocycles. The molecule has 2 aromatic rings. The Kier molecular flexibility index (Phi) is 6.22. The number of hydrogen-bond donors (Lipinski definition) is 0. The number of hydrogen-bond acceptors (Lipinski definition) is 0. The molecule has 104 valence electrons. The summed E-state index contributed by atoms with van der Waals surface area (Å²) < 4.78 is 3.82. The van der Waals surface area contributed by atoms with Crippen molar-refractivity contribution in [2.75, 3.05) is 0 Å². The zero-order chi connectivity index (χ0) is 14.9. The molecule has 0 aromatic heterocycles. The highest BCUT2D eigenvalue weighted by Crippen LogP contribution is 2.44. The molecule has 2 rings (SSSR count). The van der Waals surface area contributed by atoms with Gasteiger partial charge in [0.05, 0.1) is 0 Å². The highest BCUT2D eigenvalue weighted by atomic mass is 79.9. The van der Waals surface area contributed by atoms with Crippen LogP contribution in [-0.4, -0.2) is 0 Å². The third-order valence-electron chi connectivity index (χ3n) is 2.61. The lowest BCUT2D eigenvalue weighted by atomic mass is 9.99. The summed E-state index contributed by atoms with van der Waals surface area (Å²) in [7, 11) is 0. The van der Waals surface area contributed by atoms with Crippen LogP contribution in [-0.2, 0) is 0 Å². The Morgan fingerprint density at radius 2 is 0.950 bits per heavy atom. The van der Waals surface area contributed by atoms with E-state index in [0.29, 0.717) is 0 Å². The van der Waals surface area contributed by atoms with Gasteiger partial charge < -0.3 is 0 Å². The van der Waals surface area contributed by atoms with Crippen molar-refractivity contribution in [3.8, 4) is 0 Å². The summed E-state index contributed by atoms with van der Waals surface area (Å²) in [5, 5.41) is 0. The third-order valence-corrected chi connectivity index (χ3v) is 5.64. The van der Waals surface area contributed by atoms with E-state index < -0.39 is 0 Å². The van der Waals surface area contributed by atoms with Gasteiger partial charge >= 0.3 is 0 Å². The highest BCUT2D eigenvalue weighted by Gasteiger charge is 2.20. The van der Waals surface area contributed by atoms with Gasteiger partial charge in [0.15, 0.2) is 0 Å². The van der Waals surface area contributed by atoms with Crippen LogP contribution < -0.4 is 0 Å². The van der Waals surface area contributed by atoms with E-state index in [0.717, 1.165) is 34.6 Å². The molecule has 6 heteroatoms. The Labute approximate surface area is 161 Å². The lowest BCUT2D eigenvalue weighted by molar-refractivity contribution is 1.45. The van der Waals surface area contributed by atoms with E-state index in [1.807, 2.05) is 36.4 Å². The maximum Gasteiger partial charge on any atom is 0.115 e. The molecule has 0 atom stereocenters. The monoisotopic (exact) mass is 560 g/mol. The maximum atomic E-state index is 6.16. The van der Waals surface area contributed by atoms with Gasteiger partial charge in [0.25, 0.3) is 0 Å².